The molecule has 1 N–H and O–H groups in total. The molecule has 0 saturated carbocycles. The monoisotopic (exact) mass is 330 g/mol. The Balaban J connectivity index is 6.26. The first-order valence-corrected chi connectivity index (χ1v) is 8.79. The van der Waals surface area contributed by atoms with E-state index < -0.39 is 35.7 Å². The number of hydrogen-bond donors (Lipinski definition) is 1. The molecule has 0 aromatic rings. The van der Waals surface area contributed by atoms with Crippen LogP contribution in [0, 0.1) is 0 Å². The lowest BCUT2D eigenvalue weighted by Gasteiger charge is -2.15. The van der Waals surface area contributed by atoms with Crippen molar-refractivity contribution >= 4 is 24.7 Å². The van der Waals surface area contributed by atoms with Crippen LogP contribution in [0.4, 0.5) is 26.3 Å². The third kappa shape index (κ3) is 2.30. The Morgan fingerprint density at radius 2 is 0.941 bits per heavy atom. The Morgan fingerprint density at radius 3 is 1.06 bits per heavy atom. The molecule has 0 aromatic carbocycles. The van der Waals surface area contributed by atoms with Crippen molar-refractivity contribution in [3.05, 3.63) is 0 Å². The first-order chi connectivity index (χ1) is 7.00. The molecule has 0 spiro atoms. The standard InChI is InChI=1S/C2HF6O6PS2/c3-1(4,5)16(11,12)15(9,10)17(13,14)2(6,7)8/h(H,9,10). The van der Waals surface area contributed by atoms with Gasteiger partial charge in [0, 0.05) is 0 Å². The maximum atomic E-state index is 11.7. The van der Waals surface area contributed by atoms with Crippen LogP contribution < -0.4 is 0 Å². The quantitative estimate of drug-likeness (QED) is 0.597. The minimum Gasteiger partial charge on any atom is -0.322 e. The van der Waals surface area contributed by atoms with Crippen LogP contribution in [0.1, 0.15) is 0 Å². The molecule has 0 unspecified atom stereocenters. The molecule has 0 atom stereocenters. The van der Waals surface area contributed by atoms with E-state index >= 15 is 0 Å². The van der Waals surface area contributed by atoms with Gasteiger partial charge in [0.1, 0.15) is 0 Å². The molecule has 0 saturated heterocycles. The summed E-state index contributed by atoms with van der Waals surface area (Å²) in [6, 6.07) is 0. The van der Waals surface area contributed by atoms with Crippen molar-refractivity contribution in [2.75, 3.05) is 0 Å². The van der Waals surface area contributed by atoms with Crippen molar-refractivity contribution in [3.8, 4) is 0 Å². The summed E-state index contributed by atoms with van der Waals surface area (Å²) in [6.45, 7) is 0. The van der Waals surface area contributed by atoms with E-state index in [9.17, 15) is 47.7 Å². The van der Waals surface area contributed by atoms with E-state index in [1.807, 2.05) is 0 Å². The SMILES string of the molecule is O=P(O)(S(=O)(=O)C(F)(F)F)S(=O)(=O)C(F)(F)F. The van der Waals surface area contributed by atoms with E-state index in [0.29, 0.717) is 0 Å². The molecule has 0 heterocycles. The van der Waals surface area contributed by atoms with Crippen LogP contribution in [0.25, 0.3) is 0 Å². The van der Waals surface area contributed by atoms with Crippen LogP contribution in [0.5, 0.6) is 0 Å². The molecule has 0 aliphatic carbocycles. The molecular formula is C2HF6O6PS2. The lowest BCUT2D eigenvalue weighted by molar-refractivity contribution is -0.0424. The topological polar surface area (TPSA) is 106 Å². The number of halogens is 6. The van der Waals surface area contributed by atoms with E-state index in [0.717, 1.165) is 0 Å². The van der Waals surface area contributed by atoms with Gasteiger partial charge in [-0.25, -0.2) is 16.8 Å². The van der Waals surface area contributed by atoms with Crippen LogP contribution >= 0.6 is 5.77 Å². The first-order valence-electron chi connectivity index (χ1n) is 2.96. The minimum absolute atomic E-state index is 6.62. The van der Waals surface area contributed by atoms with E-state index in [1.165, 1.54) is 0 Å². The van der Waals surface area contributed by atoms with Crippen LogP contribution in [0.15, 0.2) is 0 Å². The predicted octanol–water partition coefficient (Wildman–Crippen LogP) is 0.956. The van der Waals surface area contributed by atoms with Gasteiger partial charge in [0.2, 0.25) is 0 Å². The summed E-state index contributed by atoms with van der Waals surface area (Å²) in [5.41, 5.74) is -13.2. The molecule has 0 bridgehead atoms. The Morgan fingerprint density at radius 1 is 0.765 bits per heavy atom. The Bertz CT molecular complexity index is 502. The first kappa shape index (κ1) is 16.7. The molecule has 0 amide bonds. The van der Waals surface area contributed by atoms with Gasteiger partial charge in [0.25, 0.3) is 0 Å². The largest absolute Gasteiger partial charge is 0.507 e. The van der Waals surface area contributed by atoms with Gasteiger partial charge in [0.05, 0.1) is 0 Å². The summed E-state index contributed by atoms with van der Waals surface area (Å²) in [7, 11) is -14.8. The second kappa shape index (κ2) is 3.83. The number of rotatable bonds is 2. The zero-order valence-electron chi connectivity index (χ0n) is 7.02. The lowest BCUT2D eigenvalue weighted by atomic mass is 11.6. The van der Waals surface area contributed by atoms with Gasteiger partial charge in [-0.15, -0.1) is 0 Å². The maximum Gasteiger partial charge on any atom is 0.507 e. The van der Waals surface area contributed by atoms with E-state index in [4.69, 9.17) is 4.89 Å². The van der Waals surface area contributed by atoms with Gasteiger partial charge in [-0.1, -0.05) is 0 Å². The average molecular weight is 330 g/mol. The summed E-state index contributed by atoms with van der Waals surface area (Å²) in [6.07, 6.45) is 0. The zero-order valence-corrected chi connectivity index (χ0v) is 9.55. The Labute approximate surface area is 89.0 Å². The lowest BCUT2D eigenvalue weighted by Crippen LogP contribution is -2.31. The van der Waals surface area contributed by atoms with Crippen molar-refractivity contribution < 1.29 is 52.6 Å². The van der Waals surface area contributed by atoms with Crippen molar-refractivity contribution in [3.63, 3.8) is 0 Å². The highest BCUT2D eigenvalue weighted by atomic mass is 33.1. The molecule has 0 aliphatic heterocycles. The molecule has 104 valence electrons. The van der Waals surface area contributed by atoms with Gasteiger partial charge in [-0.3, -0.25) is 4.57 Å². The van der Waals surface area contributed by atoms with Crippen molar-refractivity contribution in [2.24, 2.45) is 0 Å². The molecule has 0 radical (unpaired) electrons. The van der Waals surface area contributed by atoms with Gasteiger partial charge >= 0.3 is 35.7 Å². The van der Waals surface area contributed by atoms with Gasteiger partial charge < -0.3 is 4.89 Å². The molecule has 6 nitrogen and oxygen atoms in total. The highest BCUT2D eigenvalue weighted by Gasteiger charge is 2.71. The smallest absolute Gasteiger partial charge is 0.322 e. The van der Waals surface area contributed by atoms with E-state index in [1.54, 1.807) is 0 Å². The number of hydrogen-bond acceptors (Lipinski definition) is 5. The molecular weight excluding hydrogens is 329 g/mol. The molecule has 17 heavy (non-hydrogen) atoms. The zero-order chi connectivity index (χ0) is 14.5. The summed E-state index contributed by atoms with van der Waals surface area (Å²) in [5.74, 6) is -7.65. The fourth-order valence-electron chi connectivity index (χ4n) is 0.391. The third-order valence-corrected chi connectivity index (χ3v) is 12.0. The van der Waals surface area contributed by atoms with Gasteiger partial charge in [0.15, 0.2) is 0 Å². The fourth-order valence-corrected chi connectivity index (χ4v) is 7.36. The normalized spacial score (nSPS) is 15.9. The fraction of sp³-hybridized carbons (Fsp3) is 1.00. The summed E-state index contributed by atoms with van der Waals surface area (Å²) >= 11 is 0. The maximum absolute atomic E-state index is 11.7. The van der Waals surface area contributed by atoms with Crippen LogP contribution in [0.3, 0.4) is 0 Å². The predicted molar refractivity (Wildman–Crippen MR) is 39.8 cm³/mol. The summed E-state index contributed by atoms with van der Waals surface area (Å²) < 4.78 is 122. The molecule has 0 fully saturated rings. The molecule has 0 rings (SSSR count). The van der Waals surface area contributed by atoms with Crippen molar-refractivity contribution in [1.82, 2.24) is 0 Å². The minimum atomic E-state index is -7.65. The van der Waals surface area contributed by atoms with Gasteiger partial charge in [-0.05, 0) is 0 Å². The highest BCUT2D eigenvalue weighted by molar-refractivity contribution is 8.83. The molecule has 0 aromatic heterocycles. The molecule has 0 aliphatic rings. The molecule has 15 heteroatoms. The summed E-state index contributed by atoms with van der Waals surface area (Å²) in [5, 5.41) is 0. The second-order valence-corrected chi connectivity index (χ2v) is 12.6. The highest BCUT2D eigenvalue weighted by Crippen LogP contribution is 2.63. The summed E-state index contributed by atoms with van der Waals surface area (Å²) in [4.78, 5) is 8.18. The Kier molecular flexibility index (Phi) is 3.76. The van der Waals surface area contributed by atoms with Gasteiger partial charge in [-0.2, -0.15) is 26.3 Å². The van der Waals surface area contributed by atoms with E-state index in [2.05, 4.69) is 0 Å². The van der Waals surface area contributed by atoms with Crippen LogP contribution in [-0.2, 0) is 23.5 Å². The van der Waals surface area contributed by atoms with Crippen molar-refractivity contribution in [2.45, 2.75) is 11.0 Å². The third-order valence-electron chi connectivity index (χ3n) is 1.19. The van der Waals surface area contributed by atoms with E-state index in [-0.39, 0.29) is 0 Å². The van der Waals surface area contributed by atoms with Crippen LogP contribution in [-0.4, -0.2) is 32.7 Å². The van der Waals surface area contributed by atoms with Crippen LogP contribution in [0.2, 0.25) is 0 Å². The average Bonchev–Trinajstić information content (AvgIpc) is 1.98. The number of alkyl halides is 6. The Hall–Kier alpha value is -0.330. The second-order valence-electron chi connectivity index (χ2n) is 2.31. The van der Waals surface area contributed by atoms with Crippen molar-refractivity contribution in [1.29, 1.82) is 0 Å².